The molecule has 0 atom stereocenters. The molecule has 0 unspecified atom stereocenters. The van der Waals surface area contributed by atoms with Crippen molar-refractivity contribution in [1.29, 1.82) is 0 Å². The van der Waals surface area contributed by atoms with Crippen molar-refractivity contribution >= 4 is 28.7 Å². The minimum atomic E-state index is -0.253. The Morgan fingerprint density at radius 2 is 1.30 bits per heavy atom. The molecule has 0 bridgehead atoms. The molecule has 0 radical (unpaired) electrons. The van der Waals surface area contributed by atoms with Crippen LogP contribution in [0.4, 0.5) is 15.8 Å². The van der Waals surface area contributed by atoms with Gasteiger partial charge in [-0.25, -0.2) is 4.39 Å². The molecule has 4 rings (SSSR count). The lowest BCUT2D eigenvalue weighted by molar-refractivity contribution is 0.616. The second-order valence-corrected chi connectivity index (χ2v) is 8.51. The Morgan fingerprint density at radius 3 is 1.85 bits per heavy atom. The molecular weight excluding hydrogens is 435 g/mol. The molecule has 6 nitrogen and oxygen atoms in total. The molecule has 170 valence electrons. The largest absolute Gasteiger partial charge is 0.329 e. The van der Waals surface area contributed by atoms with E-state index in [1.54, 1.807) is 6.07 Å². The molecule has 2 N–H and O–H groups in total. The average molecular weight is 463 g/mol. The topological polar surface area (TPSA) is 59.7 Å². The molecule has 33 heavy (non-hydrogen) atoms. The first kappa shape index (κ1) is 22.7. The summed E-state index contributed by atoms with van der Waals surface area (Å²) in [5, 5.41) is 16.3. The molecule has 0 saturated carbocycles. The van der Waals surface area contributed by atoms with Crippen molar-refractivity contribution in [3.63, 3.8) is 0 Å². The molecule has 0 aliphatic carbocycles. The zero-order valence-electron chi connectivity index (χ0n) is 19.2. The summed E-state index contributed by atoms with van der Waals surface area (Å²) in [6, 6.07) is 16.8. The first-order chi connectivity index (χ1) is 15.8. The molecular formula is C25H27FN6S. The van der Waals surface area contributed by atoms with Gasteiger partial charge in [-0.2, -0.15) is 10.2 Å². The van der Waals surface area contributed by atoms with Crippen LogP contribution in [0, 0.1) is 33.5 Å². The first-order valence-corrected chi connectivity index (χ1v) is 11.2. The second kappa shape index (κ2) is 9.54. The number of hydrogen-bond acceptors (Lipinski definition) is 3. The van der Waals surface area contributed by atoms with Gasteiger partial charge in [-0.15, -0.1) is 0 Å². The average Bonchev–Trinajstić information content (AvgIpc) is 3.19. The number of nitrogens with one attached hydrogen (secondary N) is 2. The van der Waals surface area contributed by atoms with Crippen molar-refractivity contribution in [2.75, 3.05) is 10.6 Å². The molecule has 8 heteroatoms. The standard InChI is InChI=1S/C25H27FN6S/c1-16-23(18(3)31(29-16)14-20-9-6-5-7-10-20)27-25(33)28-24-17(2)30-32(19(24)4)15-21-11-8-12-22(26)13-21/h5-13H,14-15H2,1-4H3,(H2,27,28,33). The van der Waals surface area contributed by atoms with Crippen LogP contribution in [-0.4, -0.2) is 24.7 Å². The lowest BCUT2D eigenvalue weighted by Crippen LogP contribution is -2.21. The Kier molecular flexibility index (Phi) is 6.55. The van der Waals surface area contributed by atoms with Gasteiger partial charge in [0, 0.05) is 0 Å². The summed E-state index contributed by atoms with van der Waals surface area (Å²) in [5.41, 5.74) is 7.41. The fourth-order valence-corrected chi connectivity index (χ4v) is 4.09. The summed E-state index contributed by atoms with van der Waals surface area (Å²) < 4.78 is 17.4. The fourth-order valence-electron chi connectivity index (χ4n) is 3.89. The van der Waals surface area contributed by atoms with Crippen LogP contribution in [0.25, 0.3) is 0 Å². The number of nitrogens with zero attached hydrogens (tertiary/aromatic N) is 4. The summed E-state index contributed by atoms with van der Waals surface area (Å²) >= 11 is 5.61. The van der Waals surface area contributed by atoms with Crippen molar-refractivity contribution in [3.8, 4) is 0 Å². The van der Waals surface area contributed by atoms with E-state index in [2.05, 4.69) is 33.0 Å². The Labute approximate surface area is 198 Å². The van der Waals surface area contributed by atoms with Crippen molar-refractivity contribution in [1.82, 2.24) is 19.6 Å². The Hall–Kier alpha value is -3.52. The van der Waals surface area contributed by atoms with Crippen molar-refractivity contribution < 1.29 is 4.39 Å². The summed E-state index contributed by atoms with van der Waals surface area (Å²) in [5.74, 6) is -0.253. The molecule has 2 aromatic carbocycles. The number of thiocarbonyl (C=S) groups is 1. The number of aryl methyl sites for hydroxylation is 2. The summed E-state index contributed by atoms with van der Waals surface area (Å²) in [4.78, 5) is 0. The van der Waals surface area contributed by atoms with Crippen molar-refractivity contribution in [3.05, 3.63) is 94.3 Å². The molecule has 2 aromatic heterocycles. The molecule has 0 aliphatic heterocycles. The fraction of sp³-hybridized carbons (Fsp3) is 0.240. The smallest absolute Gasteiger partial charge is 0.175 e. The number of benzene rings is 2. The van der Waals surface area contributed by atoms with Crippen molar-refractivity contribution in [2.45, 2.75) is 40.8 Å². The van der Waals surface area contributed by atoms with Crippen LogP contribution in [0.2, 0.25) is 0 Å². The molecule has 0 amide bonds. The van der Waals surface area contributed by atoms with Crippen LogP contribution in [0.3, 0.4) is 0 Å². The van der Waals surface area contributed by atoms with Crippen molar-refractivity contribution in [2.24, 2.45) is 0 Å². The van der Waals surface area contributed by atoms with Gasteiger partial charge < -0.3 is 10.6 Å². The molecule has 0 aliphatic rings. The number of halogens is 1. The third-order valence-corrected chi connectivity index (χ3v) is 5.84. The van der Waals surface area contributed by atoms with Gasteiger partial charge in [0.2, 0.25) is 0 Å². The maximum atomic E-state index is 13.5. The third kappa shape index (κ3) is 5.12. The van der Waals surface area contributed by atoms with Gasteiger partial charge in [-0.05, 0) is 63.2 Å². The SMILES string of the molecule is Cc1nn(Cc2ccccc2)c(C)c1NC(=S)Nc1c(C)nn(Cc2cccc(F)c2)c1C. The maximum absolute atomic E-state index is 13.5. The summed E-state index contributed by atoms with van der Waals surface area (Å²) in [7, 11) is 0. The number of anilines is 2. The summed E-state index contributed by atoms with van der Waals surface area (Å²) in [6.45, 7) is 9.07. The predicted molar refractivity (Wildman–Crippen MR) is 134 cm³/mol. The van der Waals surface area contributed by atoms with Gasteiger partial charge in [-0.1, -0.05) is 42.5 Å². The van der Waals surface area contributed by atoms with Crippen LogP contribution in [0.15, 0.2) is 54.6 Å². The van der Waals surface area contributed by atoms with E-state index in [4.69, 9.17) is 12.2 Å². The van der Waals surface area contributed by atoms with Gasteiger partial charge in [0.05, 0.1) is 47.2 Å². The van der Waals surface area contributed by atoms with E-state index in [0.717, 1.165) is 39.7 Å². The zero-order chi connectivity index (χ0) is 23.5. The van der Waals surface area contributed by atoms with Crippen LogP contribution in [0.1, 0.15) is 33.9 Å². The molecule has 2 heterocycles. The predicted octanol–water partition coefficient (Wildman–Crippen LogP) is 5.36. The van der Waals surface area contributed by atoms with Gasteiger partial charge >= 0.3 is 0 Å². The zero-order valence-corrected chi connectivity index (χ0v) is 20.0. The van der Waals surface area contributed by atoms with E-state index in [0.29, 0.717) is 18.2 Å². The van der Waals surface area contributed by atoms with Crippen LogP contribution in [0.5, 0.6) is 0 Å². The van der Waals surface area contributed by atoms with E-state index in [1.807, 2.05) is 61.3 Å². The molecule has 0 spiro atoms. The molecule has 0 saturated heterocycles. The lowest BCUT2D eigenvalue weighted by atomic mass is 10.2. The lowest BCUT2D eigenvalue weighted by Gasteiger charge is -2.12. The van der Waals surface area contributed by atoms with E-state index in [1.165, 1.54) is 17.7 Å². The van der Waals surface area contributed by atoms with Gasteiger partial charge in [0.25, 0.3) is 0 Å². The highest BCUT2D eigenvalue weighted by atomic mass is 32.1. The first-order valence-electron chi connectivity index (χ1n) is 10.8. The Bertz CT molecular complexity index is 1290. The molecule has 0 fully saturated rings. The highest BCUT2D eigenvalue weighted by Crippen LogP contribution is 2.24. The van der Waals surface area contributed by atoms with E-state index < -0.39 is 0 Å². The maximum Gasteiger partial charge on any atom is 0.175 e. The Balaban J connectivity index is 1.48. The van der Waals surface area contributed by atoms with E-state index in [-0.39, 0.29) is 5.82 Å². The van der Waals surface area contributed by atoms with Crippen LogP contribution >= 0.6 is 12.2 Å². The number of aromatic nitrogens is 4. The minimum Gasteiger partial charge on any atom is -0.329 e. The Morgan fingerprint density at radius 1 is 0.788 bits per heavy atom. The van der Waals surface area contributed by atoms with Crippen LogP contribution in [-0.2, 0) is 13.1 Å². The monoisotopic (exact) mass is 462 g/mol. The van der Waals surface area contributed by atoms with Crippen LogP contribution < -0.4 is 10.6 Å². The second-order valence-electron chi connectivity index (χ2n) is 8.10. The number of hydrogen-bond donors (Lipinski definition) is 2. The van der Waals surface area contributed by atoms with Gasteiger partial charge in [0.1, 0.15) is 5.82 Å². The van der Waals surface area contributed by atoms with E-state index in [9.17, 15) is 4.39 Å². The summed E-state index contributed by atoms with van der Waals surface area (Å²) in [6.07, 6.45) is 0. The van der Waals surface area contributed by atoms with Gasteiger partial charge in [-0.3, -0.25) is 9.36 Å². The van der Waals surface area contributed by atoms with Gasteiger partial charge in [0.15, 0.2) is 5.11 Å². The number of rotatable bonds is 6. The minimum absolute atomic E-state index is 0.253. The third-order valence-electron chi connectivity index (χ3n) is 5.64. The quantitative estimate of drug-likeness (QED) is 0.378. The normalized spacial score (nSPS) is 10.9. The highest BCUT2D eigenvalue weighted by Gasteiger charge is 2.16. The molecule has 4 aromatic rings. The highest BCUT2D eigenvalue weighted by molar-refractivity contribution is 7.80. The van der Waals surface area contributed by atoms with E-state index >= 15 is 0 Å².